The van der Waals surface area contributed by atoms with E-state index in [9.17, 15) is 9.59 Å². The van der Waals surface area contributed by atoms with Gasteiger partial charge in [0, 0.05) is 38.6 Å². The maximum atomic E-state index is 13.0. The second kappa shape index (κ2) is 10.0. The highest BCUT2D eigenvalue weighted by Crippen LogP contribution is 2.30. The number of carbonyl (C=O) groups is 1. The lowest BCUT2D eigenvalue weighted by molar-refractivity contribution is -0.130. The van der Waals surface area contributed by atoms with E-state index in [1.165, 1.54) is 11.1 Å². The molecule has 4 heterocycles. The first kappa shape index (κ1) is 22.1. The Morgan fingerprint density at radius 2 is 2.12 bits per heavy atom. The largest absolute Gasteiger partial charge is 0.492 e. The van der Waals surface area contributed by atoms with Crippen molar-refractivity contribution in [2.24, 2.45) is 0 Å². The topological polar surface area (TPSA) is 97.2 Å². The Hall–Kier alpha value is -3.75. The molecule has 2 aromatic heterocycles. The number of benzene rings is 1. The van der Waals surface area contributed by atoms with E-state index < -0.39 is 0 Å². The first-order chi connectivity index (χ1) is 16.7. The van der Waals surface area contributed by atoms with Crippen LogP contribution in [-0.2, 0) is 35.6 Å². The zero-order valence-electron chi connectivity index (χ0n) is 19.2. The van der Waals surface area contributed by atoms with Crippen LogP contribution in [0.1, 0.15) is 42.2 Å². The minimum atomic E-state index is -0.239. The van der Waals surface area contributed by atoms with E-state index in [1.807, 2.05) is 33.9 Å². The van der Waals surface area contributed by atoms with Crippen molar-refractivity contribution < 1.29 is 9.53 Å². The molecule has 1 unspecified atom stereocenters. The molecule has 34 heavy (non-hydrogen) atoms. The average Bonchev–Trinajstić information content (AvgIpc) is 3.50. The number of fused-ring (bicyclic) bond motifs is 1. The van der Waals surface area contributed by atoms with Gasteiger partial charge in [0.1, 0.15) is 17.6 Å². The minimum absolute atomic E-state index is 0.0126. The lowest BCUT2D eigenvalue weighted by atomic mass is 10.00. The van der Waals surface area contributed by atoms with Crippen LogP contribution in [0.4, 0.5) is 5.82 Å². The summed E-state index contributed by atoms with van der Waals surface area (Å²) in [6, 6.07) is 8.25. The number of aryl methyl sites for hydroxylation is 1. The number of anilines is 1. The van der Waals surface area contributed by atoms with Crippen molar-refractivity contribution in [3.8, 4) is 0 Å². The molecule has 0 aliphatic carbocycles. The highest BCUT2D eigenvalue weighted by atomic mass is 16.5. The minimum Gasteiger partial charge on any atom is -0.492 e. The summed E-state index contributed by atoms with van der Waals surface area (Å²) in [6.07, 6.45) is 12.2. The van der Waals surface area contributed by atoms with Gasteiger partial charge in [0.25, 0.3) is 0 Å². The van der Waals surface area contributed by atoms with Crippen molar-refractivity contribution in [1.82, 2.24) is 24.0 Å². The maximum Gasteiger partial charge on any atom is 0.327 e. The fraction of sp³-hybridized carbons (Fsp3) is 0.400. The van der Waals surface area contributed by atoms with Gasteiger partial charge in [-0.05, 0) is 42.9 Å². The molecule has 9 heteroatoms. The molecule has 0 bridgehead atoms. The summed E-state index contributed by atoms with van der Waals surface area (Å²) in [4.78, 5) is 34.7. The van der Waals surface area contributed by atoms with E-state index in [-0.39, 0.29) is 24.2 Å². The molecule has 0 spiro atoms. The van der Waals surface area contributed by atoms with Crippen molar-refractivity contribution in [2.45, 2.75) is 51.4 Å². The van der Waals surface area contributed by atoms with Gasteiger partial charge in [0.15, 0.2) is 0 Å². The normalized spacial score (nSPS) is 17.3. The number of carbonyl (C=O) groups excluding carboxylic acids is 1. The van der Waals surface area contributed by atoms with Crippen LogP contribution in [0.25, 0.3) is 0 Å². The number of ether oxygens (including phenoxy) is 1. The summed E-state index contributed by atoms with van der Waals surface area (Å²) in [5.41, 5.74) is 3.08. The van der Waals surface area contributed by atoms with Gasteiger partial charge in [-0.3, -0.25) is 14.3 Å². The predicted molar refractivity (Wildman–Crippen MR) is 128 cm³/mol. The molecule has 2 aliphatic rings. The number of nitrogens with one attached hydrogen (secondary N) is 2. The highest BCUT2D eigenvalue weighted by Gasteiger charge is 2.26. The number of nitrogens with zero attached hydrogens (tertiary/aromatic N) is 4. The van der Waals surface area contributed by atoms with Gasteiger partial charge in [0.05, 0.1) is 19.1 Å². The Bertz CT molecular complexity index is 1210. The molecular weight excluding hydrogens is 432 g/mol. The number of rotatable bonds is 8. The Balaban J connectivity index is 1.29. The molecule has 0 fully saturated rings. The number of imidazole rings is 2. The molecule has 0 saturated carbocycles. The summed E-state index contributed by atoms with van der Waals surface area (Å²) in [6.45, 7) is 2.75. The van der Waals surface area contributed by atoms with Crippen LogP contribution in [0.5, 0.6) is 0 Å². The number of hydrogen-bond donors (Lipinski definition) is 2. The smallest absolute Gasteiger partial charge is 0.327 e. The Morgan fingerprint density at radius 1 is 1.24 bits per heavy atom. The fourth-order valence-electron chi connectivity index (χ4n) is 4.72. The summed E-state index contributed by atoms with van der Waals surface area (Å²) in [5, 5.41) is 3.21. The van der Waals surface area contributed by atoms with Crippen LogP contribution in [0.3, 0.4) is 0 Å². The number of hydrogen-bond acceptors (Lipinski definition) is 5. The molecule has 2 aliphatic heterocycles. The van der Waals surface area contributed by atoms with E-state index in [2.05, 4.69) is 27.4 Å². The van der Waals surface area contributed by atoms with Gasteiger partial charge >= 0.3 is 5.69 Å². The van der Waals surface area contributed by atoms with Crippen LogP contribution >= 0.6 is 0 Å². The Morgan fingerprint density at radius 3 is 2.91 bits per heavy atom. The molecule has 3 aromatic rings. The quantitative estimate of drug-likeness (QED) is 0.537. The van der Waals surface area contributed by atoms with Gasteiger partial charge in [-0.15, -0.1) is 0 Å². The lowest BCUT2D eigenvalue weighted by Crippen LogP contribution is -2.39. The van der Waals surface area contributed by atoms with Crippen molar-refractivity contribution in [2.75, 3.05) is 18.4 Å². The Kier molecular flexibility index (Phi) is 6.51. The molecule has 1 aromatic carbocycles. The number of allylic oxidation sites excluding steroid dienone is 1. The van der Waals surface area contributed by atoms with Gasteiger partial charge < -0.3 is 19.5 Å². The number of aromatic nitrogens is 4. The average molecular weight is 463 g/mol. The van der Waals surface area contributed by atoms with Crippen molar-refractivity contribution in [1.29, 1.82) is 0 Å². The predicted octanol–water partition coefficient (Wildman–Crippen LogP) is 2.83. The molecule has 0 radical (unpaired) electrons. The first-order valence-corrected chi connectivity index (χ1v) is 11.9. The van der Waals surface area contributed by atoms with E-state index in [0.29, 0.717) is 25.5 Å². The molecule has 5 rings (SSSR count). The van der Waals surface area contributed by atoms with E-state index in [4.69, 9.17) is 4.74 Å². The third kappa shape index (κ3) is 4.78. The summed E-state index contributed by atoms with van der Waals surface area (Å²) in [5.74, 6) is 0.581. The SMILES string of the molecule is O=C(CNc1[nH]c(=O)n(CCCn2ccnc2)c1C1CCC=CO1)N1CCc2ccccc2C1. The fourth-order valence-corrected chi connectivity index (χ4v) is 4.72. The van der Waals surface area contributed by atoms with E-state index in [0.717, 1.165) is 37.9 Å². The summed E-state index contributed by atoms with van der Waals surface area (Å²) < 4.78 is 9.59. The van der Waals surface area contributed by atoms with E-state index >= 15 is 0 Å². The number of H-pyrrole nitrogens is 1. The standard InChI is InChI=1S/C25H30N6O3/c32-22(30-13-9-19-6-1-2-7-20(19)17-30)16-27-24-23(21-8-3-4-15-34-21)31(25(33)28-24)12-5-11-29-14-10-26-18-29/h1-2,4,6-7,10,14-15,18,21,27H,3,5,8-9,11-13,16-17H2,(H,28,33). The number of amides is 1. The zero-order chi connectivity index (χ0) is 23.3. The molecule has 1 atom stereocenters. The number of aromatic amines is 1. The summed E-state index contributed by atoms with van der Waals surface area (Å²) >= 11 is 0. The monoisotopic (exact) mass is 462 g/mol. The third-order valence-corrected chi connectivity index (χ3v) is 6.52. The van der Waals surface area contributed by atoms with Crippen molar-refractivity contribution >= 4 is 11.7 Å². The third-order valence-electron chi connectivity index (χ3n) is 6.52. The molecule has 1 amide bonds. The maximum absolute atomic E-state index is 13.0. The lowest BCUT2D eigenvalue weighted by Gasteiger charge is -2.29. The van der Waals surface area contributed by atoms with Crippen LogP contribution in [0.15, 0.2) is 60.1 Å². The van der Waals surface area contributed by atoms with Gasteiger partial charge in [0.2, 0.25) is 5.91 Å². The molecule has 178 valence electrons. The zero-order valence-corrected chi connectivity index (χ0v) is 19.2. The van der Waals surface area contributed by atoms with Gasteiger partial charge in [-0.2, -0.15) is 0 Å². The van der Waals surface area contributed by atoms with Crippen LogP contribution in [0.2, 0.25) is 0 Å². The second-order valence-corrected chi connectivity index (χ2v) is 8.76. The molecule has 9 nitrogen and oxygen atoms in total. The van der Waals surface area contributed by atoms with Crippen LogP contribution in [-0.4, -0.2) is 43.0 Å². The van der Waals surface area contributed by atoms with Crippen LogP contribution < -0.4 is 11.0 Å². The molecule has 2 N–H and O–H groups in total. The van der Waals surface area contributed by atoms with Crippen LogP contribution in [0, 0.1) is 0 Å². The van der Waals surface area contributed by atoms with Gasteiger partial charge in [-0.1, -0.05) is 24.3 Å². The second-order valence-electron chi connectivity index (χ2n) is 8.76. The summed E-state index contributed by atoms with van der Waals surface area (Å²) in [7, 11) is 0. The molecule has 0 saturated heterocycles. The van der Waals surface area contributed by atoms with E-state index in [1.54, 1.807) is 23.4 Å². The first-order valence-electron chi connectivity index (χ1n) is 11.9. The molecular formula is C25H30N6O3. The highest BCUT2D eigenvalue weighted by molar-refractivity contribution is 5.81. The Labute approximate surface area is 198 Å². The van der Waals surface area contributed by atoms with Gasteiger partial charge in [-0.25, -0.2) is 9.78 Å². The van der Waals surface area contributed by atoms with Crippen molar-refractivity contribution in [3.63, 3.8) is 0 Å². The van der Waals surface area contributed by atoms with Crippen molar-refractivity contribution in [3.05, 3.63) is 82.6 Å².